The van der Waals surface area contributed by atoms with E-state index in [0.29, 0.717) is 12.8 Å². The fourth-order valence-corrected chi connectivity index (χ4v) is 4.97. The Morgan fingerprint density at radius 1 is 0.906 bits per heavy atom. The molecule has 4 nitrogen and oxygen atoms in total. The van der Waals surface area contributed by atoms with Gasteiger partial charge in [0.15, 0.2) is 0 Å². The molecule has 0 saturated carbocycles. The molecule has 32 heavy (non-hydrogen) atoms. The van der Waals surface area contributed by atoms with Gasteiger partial charge in [0, 0.05) is 24.5 Å². The second kappa shape index (κ2) is 8.46. The first-order valence-electron chi connectivity index (χ1n) is 11.2. The fraction of sp³-hybridized carbons (Fsp3) is 0.214. The number of fused-ring (bicyclic) bond motifs is 2. The third-order valence-corrected chi connectivity index (χ3v) is 6.46. The number of nitrogens with one attached hydrogen (secondary N) is 1. The zero-order chi connectivity index (χ0) is 22.1. The molecule has 5 rings (SSSR count). The normalized spacial score (nSPS) is 22.2. The van der Waals surface area contributed by atoms with Crippen LogP contribution in [0.25, 0.3) is 0 Å². The Morgan fingerprint density at radius 3 is 2.22 bits per heavy atom. The lowest BCUT2D eigenvalue weighted by Crippen LogP contribution is -2.42. The highest BCUT2D eigenvalue weighted by molar-refractivity contribution is 6.01. The van der Waals surface area contributed by atoms with E-state index < -0.39 is 12.0 Å². The number of Topliss-reactive ketones (excluding diaryl/α,β-unsaturated/α-hetero) is 1. The van der Waals surface area contributed by atoms with Crippen molar-refractivity contribution >= 4 is 23.1 Å². The molecule has 3 aromatic carbocycles. The van der Waals surface area contributed by atoms with Crippen molar-refractivity contribution in [1.29, 1.82) is 0 Å². The Labute approximate surface area is 188 Å². The molecule has 1 aliphatic heterocycles. The van der Waals surface area contributed by atoms with Crippen molar-refractivity contribution < 1.29 is 9.59 Å². The largest absolute Gasteiger partial charge is 0.357 e. The zero-order valence-corrected chi connectivity index (χ0v) is 18.1. The van der Waals surface area contributed by atoms with E-state index in [-0.39, 0.29) is 17.6 Å². The zero-order valence-electron chi connectivity index (χ0n) is 18.1. The van der Waals surface area contributed by atoms with Crippen LogP contribution in [0.2, 0.25) is 0 Å². The topological polar surface area (TPSA) is 49.4 Å². The number of amides is 1. The average Bonchev–Trinajstić information content (AvgIpc) is 2.99. The number of carbonyl (C=O) groups excluding carboxylic acids is 2. The Kier molecular flexibility index (Phi) is 5.36. The number of allylic oxidation sites excluding steroid dienone is 1. The summed E-state index contributed by atoms with van der Waals surface area (Å²) >= 11 is 0. The third kappa shape index (κ3) is 3.52. The summed E-state index contributed by atoms with van der Waals surface area (Å²) in [6.45, 7) is 1.87. The van der Waals surface area contributed by atoms with Gasteiger partial charge in [0.2, 0.25) is 5.91 Å². The van der Waals surface area contributed by atoms with E-state index in [1.807, 2.05) is 84.6 Å². The molecule has 1 amide bonds. The van der Waals surface area contributed by atoms with Crippen molar-refractivity contribution in [3.63, 3.8) is 0 Å². The van der Waals surface area contributed by atoms with Gasteiger partial charge in [-0.15, -0.1) is 0 Å². The van der Waals surface area contributed by atoms with Crippen LogP contribution in [-0.2, 0) is 9.59 Å². The Balaban J connectivity index is 1.72. The van der Waals surface area contributed by atoms with Gasteiger partial charge in [-0.25, -0.2) is 0 Å². The van der Waals surface area contributed by atoms with Crippen LogP contribution in [0, 0.1) is 5.92 Å². The first-order valence-corrected chi connectivity index (χ1v) is 11.2. The summed E-state index contributed by atoms with van der Waals surface area (Å²) in [7, 11) is 0. The molecule has 0 aromatic heterocycles. The van der Waals surface area contributed by atoms with E-state index in [4.69, 9.17) is 0 Å². The van der Waals surface area contributed by atoms with Gasteiger partial charge in [0.25, 0.3) is 0 Å². The quantitative estimate of drug-likeness (QED) is 0.576. The predicted molar refractivity (Wildman–Crippen MR) is 127 cm³/mol. The van der Waals surface area contributed by atoms with E-state index in [1.54, 1.807) is 0 Å². The molecule has 4 heteroatoms. The number of hydrogen-bond acceptors (Lipinski definition) is 3. The molecule has 3 aromatic rings. The molecular formula is C28H26N2O2. The van der Waals surface area contributed by atoms with Crippen molar-refractivity contribution in [3.05, 3.63) is 108 Å². The number of anilines is 2. The number of rotatable bonds is 3. The number of benzene rings is 3. The number of nitrogens with zero attached hydrogens (tertiary/aromatic N) is 1. The van der Waals surface area contributed by atoms with Crippen LogP contribution in [0.4, 0.5) is 11.4 Å². The molecule has 0 spiro atoms. The molecule has 0 fully saturated rings. The molecule has 1 heterocycles. The highest BCUT2D eigenvalue weighted by Crippen LogP contribution is 2.47. The van der Waals surface area contributed by atoms with Gasteiger partial charge in [-0.1, -0.05) is 85.8 Å². The van der Waals surface area contributed by atoms with E-state index in [2.05, 4.69) is 23.5 Å². The molecular weight excluding hydrogens is 396 g/mol. The molecule has 0 unspecified atom stereocenters. The average molecular weight is 423 g/mol. The van der Waals surface area contributed by atoms with Crippen LogP contribution < -0.4 is 10.2 Å². The fourth-order valence-electron chi connectivity index (χ4n) is 4.97. The number of hydrogen-bond donors (Lipinski definition) is 1. The van der Waals surface area contributed by atoms with Crippen molar-refractivity contribution in [3.8, 4) is 0 Å². The van der Waals surface area contributed by atoms with Crippen LogP contribution in [-0.4, -0.2) is 11.7 Å². The monoisotopic (exact) mass is 422 g/mol. The number of ketones is 1. The maximum absolute atomic E-state index is 13.7. The smallest absolute Gasteiger partial charge is 0.227 e. The first kappa shape index (κ1) is 20.3. The second-order valence-electron chi connectivity index (χ2n) is 8.40. The van der Waals surface area contributed by atoms with Crippen LogP contribution in [0.5, 0.6) is 0 Å². The van der Waals surface area contributed by atoms with Crippen LogP contribution in [0.15, 0.2) is 96.7 Å². The van der Waals surface area contributed by atoms with Gasteiger partial charge in [0.1, 0.15) is 5.78 Å². The maximum Gasteiger partial charge on any atom is 0.227 e. The third-order valence-electron chi connectivity index (χ3n) is 6.46. The Morgan fingerprint density at radius 2 is 1.53 bits per heavy atom. The predicted octanol–water partition coefficient (Wildman–Crippen LogP) is 5.85. The van der Waals surface area contributed by atoms with Crippen LogP contribution in [0.1, 0.15) is 42.9 Å². The summed E-state index contributed by atoms with van der Waals surface area (Å²) in [6.07, 6.45) is 2.98. The van der Waals surface area contributed by atoms with Crippen molar-refractivity contribution in [2.75, 3.05) is 10.2 Å². The standard InChI is InChI=1S/C28H26N2O2/c1-2-26(32)30-24-16-10-9-15-22(24)29-23-17-21(19-11-5-3-6-12-19)18-25(31)27(23)28(30)20-13-7-4-8-14-20/h3-17,21,27-29H,2,18H2,1H3/t21-,27-,28+/m1/s1. The summed E-state index contributed by atoms with van der Waals surface area (Å²) < 4.78 is 0. The van der Waals surface area contributed by atoms with E-state index in [0.717, 1.165) is 28.2 Å². The summed E-state index contributed by atoms with van der Waals surface area (Å²) in [6, 6.07) is 27.5. The van der Waals surface area contributed by atoms with Crippen LogP contribution >= 0.6 is 0 Å². The lowest BCUT2D eigenvalue weighted by Gasteiger charge is -2.37. The van der Waals surface area contributed by atoms with Gasteiger partial charge in [-0.3, -0.25) is 9.59 Å². The Hall–Kier alpha value is -3.66. The molecule has 1 N–H and O–H groups in total. The lowest BCUT2D eigenvalue weighted by atomic mass is 9.76. The van der Waals surface area contributed by atoms with E-state index in [9.17, 15) is 9.59 Å². The molecule has 2 aliphatic rings. The van der Waals surface area contributed by atoms with Gasteiger partial charge < -0.3 is 10.2 Å². The van der Waals surface area contributed by atoms with Crippen molar-refractivity contribution in [1.82, 2.24) is 0 Å². The highest BCUT2D eigenvalue weighted by atomic mass is 16.2. The van der Waals surface area contributed by atoms with Crippen molar-refractivity contribution in [2.24, 2.45) is 5.92 Å². The van der Waals surface area contributed by atoms with Gasteiger partial charge in [0.05, 0.1) is 23.3 Å². The Bertz CT molecular complexity index is 1170. The van der Waals surface area contributed by atoms with E-state index in [1.165, 1.54) is 0 Å². The number of para-hydroxylation sites is 2. The molecule has 3 atom stereocenters. The molecule has 1 aliphatic carbocycles. The summed E-state index contributed by atoms with van der Waals surface area (Å²) in [4.78, 5) is 28.9. The maximum atomic E-state index is 13.7. The van der Waals surface area contributed by atoms with Crippen LogP contribution in [0.3, 0.4) is 0 Å². The minimum atomic E-state index is -0.444. The summed E-state index contributed by atoms with van der Waals surface area (Å²) in [5.74, 6) is -0.272. The van der Waals surface area contributed by atoms with Gasteiger partial charge >= 0.3 is 0 Å². The van der Waals surface area contributed by atoms with Crippen molar-refractivity contribution in [2.45, 2.75) is 31.7 Å². The summed E-state index contributed by atoms with van der Waals surface area (Å²) in [5.41, 5.74) is 4.64. The SMILES string of the molecule is CCC(=O)N1c2ccccc2NC2=C[C@@H](c3ccccc3)CC(=O)[C@@H]2[C@@H]1c1ccccc1. The molecule has 0 bridgehead atoms. The van der Waals surface area contributed by atoms with E-state index >= 15 is 0 Å². The highest BCUT2D eigenvalue weighted by Gasteiger charge is 2.44. The summed E-state index contributed by atoms with van der Waals surface area (Å²) in [5, 5.41) is 3.55. The molecule has 0 saturated heterocycles. The minimum absolute atomic E-state index is 0.00679. The lowest BCUT2D eigenvalue weighted by molar-refractivity contribution is -0.123. The first-order chi connectivity index (χ1) is 15.7. The second-order valence-corrected chi connectivity index (χ2v) is 8.40. The molecule has 0 radical (unpaired) electrons. The van der Waals surface area contributed by atoms with Gasteiger partial charge in [-0.05, 0) is 23.3 Å². The molecule has 160 valence electrons. The number of carbonyl (C=O) groups is 2. The van der Waals surface area contributed by atoms with Gasteiger partial charge in [-0.2, -0.15) is 0 Å². The minimum Gasteiger partial charge on any atom is -0.357 e.